The topological polar surface area (TPSA) is 24.5 Å². The highest BCUT2D eigenvalue weighted by Crippen LogP contribution is 2.28. The van der Waals surface area contributed by atoms with Crippen LogP contribution < -0.4 is 10.2 Å². The minimum Gasteiger partial charge on any atom is -0.383 e. The molecule has 4 heteroatoms. The van der Waals surface area contributed by atoms with Gasteiger partial charge in [0.2, 0.25) is 0 Å². The van der Waals surface area contributed by atoms with E-state index in [4.69, 9.17) is 16.3 Å². The van der Waals surface area contributed by atoms with Crippen molar-refractivity contribution in [3.63, 3.8) is 0 Å². The van der Waals surface area contributed by atoms with Gasteiger partial charge in [0.25, 0.3) is 0 Å². The number of ether oxygens (including phenoxy) is 1. The third-order valence-corrected chi connectivity index (χ3v) is 3.80. The summed E-state index contributed by atoms with van der Waals surface area (Å²) in [5, 5.41) is 4.23. The molecule has 0 saturated carbocycles. The molecule has 0 aliphatic rings. The second-order valence-electron chi connectivity index (χ2n) is 5.82. The van der Waals surface area contributed by atoms with E-state index < -0.39 is 0 Å². The lowest BCUT2D eigenvalue weighted by atomic mass is 10.1. The Balaban J connectivity index is 2.91. The number of nitrogens with zero attached hydrogens (tertiary/aromatic N) is 1. The third-order valence-electron chi connectivity index (χ3n) is 3.48. The first-order valence-electron chi connectivity index (χ1n) is 7.76. The zero-order chi connectivity index (χ0) is 15.8. The molecule has 1 atom stereocenters. The second-order valence-corrected chi connectivity index (χ2v) is 6.23. The van der Waals surface area contributed by atoms with E-state index in [-0.39, 0.29) is 6.04 Å². The fourth-order valence-corrected chi connectivity index (χ4v) is 2.79. The zero-order valence-electron chi connectivity index (χ0n) is 13.9. The molecule has 1 N–H and O–H groups in total. The molecule has 1 aromatic carbocycles. The number of benzene rings is 1. The van der Waals surface area contributed by atoms with Crippen LogP contribution in [0.3, 0.4) is 0 Å². The Morgan fingerprint density at radius 3 is 2.52 bits per heavy atom. The van der Waals surface area contributed by atoms with Crippen LogP contribution in [-0.2, 0) is 4.74 Å². The quantitative estimate of drug-likeness (QED) is 0.742. The summed E-state index contributed by atoms with van der Waals surface area (Å²) in [6.45, 7) is 12.2. The zero-order valence-corrected chi connectivity index (χ0v) is 14.7. The van der Waals surface area contributed by atoms with Crippen molar-refractivity contribution in [2.24, 2.45) is 5.92 Å². The molecule has 0 spiro atoms. The lowest BCUT2D eigenvalue weighted by Gasteiger charge is -2.27. The van der Waals surface area contributed by atoms with Crippen molar-refractivity contribution in [3.05, 3.63) is 28.8 Å². The van der Waals surface area contributed by atoms with Gasteiger partial charge in [-0.3, -0.25) is 0 Å². The van der Waals surface area contributed by atoms with Gasteiger partial charge in [0, 0.05) is 37.0 Å². The number of nitrogens with one attached hydrogen (secondary N) is 1. The maximum Gasteiger partial charge on any atom is 0.0637 e. The van der Waals surface area contributed by atoms with Crippen LogP contribution in [0, 0.1) is 5.92 Å². The number of halogens is 1. The maximum atomic E-state index is 6.48. The number of hydrogen-bond acceptors (Lipinski definition) is 3. The van der Waals surface area contributed by atoms with Gasteiger partial charge in [0.05, 0.1) is 6.61 Å². The summed E-state index contributed by atoms with van der Waals surface area (Å²) in [6.07, 6.45) is 0. The van der Waals surface area contributed by atoms with Crippen molar-refractivity contribution >= 4 is 17.3 Å². The molecule has 0 aliphatic carbocycles. The SMILES string of the molecule is CCNC(C)c1ccc(N(CCOC)CC(C)C)cc1Cl. The Hall–Kier alpha value is -0.770. The summed E-state index contributed by atoms with van der Waals surface area (Å²) in [7, 11) is 1.74. The molecule has 0 saturated heterocycles. The predicted molar refractivity (Wildman–Crippen MR) is 92.5 cm³/mol. The van der Waals surface area contributed by atoms with Crippen LogP contribution >= 0.6 is 11.6 Å². The molecule has 1 aromatic rings. The van der Waals surface area contributed by atoms with Crippen LogP contribution in [0.15, 0.2) is 18.2 Å². The lowest BCUT2D eigenvalue weighted by molar-refractivity contribution is 0.204. The summed E-state index contributed by atoms with van der Waals surface area (Å²) in [5.74, 6) is 0.598. The van der Waals surface area contributed by atoms with E-state index in [1.807, 2.05) is 0 Å². The first-order valence-corrected chi connectivity index (χ1v) is 8.14. The molecule has 1 unspecified atom stereocenters. The van der Waals surface area contributed by atoms with Gasteiger partial charge >= 0.3 is 0 Å². The first kappa shape index (κ1) is 18.3. The van der Waals surface area contributed by atoms with Gasteiger partial charge in [-0.25, -0.2) is 0 Å². The first-order chi connectivity index (χ1) is 9.99. The van der Waals surface area contributed by atoms with Crippen molar-refractivity contribution in [2.75, 3.05) is 38.3 Å². The van der Waals surface area contributed by atoms with E-state index in [2.05, 4.69) is 56.1 Å². The van der Waals surface area contributed by atoms with Gasteiger partial charge in [-0.15, -0.1) is 0 Å². The molecule has 0 fully saturated rings. The summed E-state index contributed by atoms with van der Waals surface area (Å²) >= 11 is 6.48. The van der Waals surface area contributed by atoms with Gasteiger partial charge in [0.15, 0.2) is 0 Å². The Kier molecular flexibility index (Phi) is 8.09. The Bertz CT molecular complexity index is 423. The highest BCUT2D eigenvalue weighted by molar-refractivity contribution is 6.31. The van der Waals surface area contributed by atoms with Crippen LogP contribution in [0.2, 0.25) is 5.02 Å². The van der Waals surface area contributed by atoms with E-state index in [9.17, 15) is 0 Å². The summed E-state index contributed by atoms with van der Waals surface area (Å²) in [6, 6.07) is 6.63. The van der Waals surface area contributed by atoms with Crippen LogP contribution in [0.1, 0.15) is 39.3 Å². The molecule has 0 aromatic heterocycles. The fourth-order valence-electron chi connectivity index (χ4n) is 2.45. The smallest absolute Gasteiger partial charge is 0.0637 e. The molecule has 0 aliphatic heterocycles. The molecular formula is C17H29ClN2O. The average Bonchev–Trinajstić information content (AvgIpc) is 2.43. The number of hydrogen-bond donors (Lipinski definition) is 1. The summed E-state index contributed by atoms with van der Waals surface area (Å²) < 4.78 is 5.21. The van der Waals surface area contributed by atoms with E-state index in [0.717, 1.165) is 42.5 Å². The van der Waals surface area contributed by atoms with Crippen molar-refractivity contribution in [3.8, 4) is 0 Å². The molecular weight excluding hydrogens is 284 g/mol. The monoisotopic (exact) mass is 312 g/mol. The molecule has 0 amide bonds. The Labute approximate surface area is 134 Å². The maximum absolute atomic E-state index is 6.48. The summed E-state index contributed by atoms with van der Waals surface area (Å²) in [5.41, 5.74) is 2.32. The minimum absolute atomic E-state index is 0.272. The Morgan fingerprint density at radius 1 is 1.29 bits per heavy atom. The van der Waals surface area contributed by atoms with E-state index >= 15 is 0 Å². The molecule has 3 nitrogen and oxygen atoms in total. The molecule has 0 heterocycles. The highest BCUT2D eigenvalue weighted by atomic mass is 35.5. The molecule has 120 valence electrons. The highest BCUT2D eigenvalue weighted by Gasteiger charge is 2.13. The number of anilines is 1. The standard InChI is InChI=1S/C17H29ClN2O/c1-6-19-14(4)16-8-7-15(11-17(16)18)20(9-10-21-5)12-13(2)3/h7-8,11,13-14,19H,6,9-10,12H2,1-5H3. The predicted octanol–water partition coefficient (Wildman–Crippen LogP) is 4.12. The van der Waals surface area contributed by atoms with Crippen LogP contribution in [0.25, 0.3) is 0 Å². The number of methoxy groups -OCH3 is 1. The number of rotatable bonds is 9. The van der Waals surface area contributed by atoms with Crippen LogP contribution in [-0.4, -0.2) is 33.4 Å². The van der Waals surface area contributed by atoms with E-state index in [1.165, 1.54) is 0 Å². The van der Waals surface area contributed by atoms with Gasteiger partial charge in [-0.05, 0) is 37.1 Å². The van der Waals surface area contributed by atoms with Crippen LogP contribution in [0.5, 0.6) is 0 Å². The van der Waals surface area contributed by atoms with Gasteiger partial charge in [-0.2, -0.15) is 0 Å². The van der Waals surface area contributed by atoms with Gasteiger partial charge < -0.3 is 15.0 Å². The molecule has 1 rings (SSSR count). The van der Waals surface area contributed by atoms with E-state index in [1.54, 1.807) is 7.11 Å². The Morgan fingerprint density at radius 2 is 2.00 bits per heavy atom. The van der Waals surface area contributed by atoms with Gasteiger partial charge in [0.1, 0.15) is 0 Å². The third kappa shape index (κ3) is 5.85. The normalized spacial score (nSPS) is 12.7. The van der Waals surface area contributed by atoms with E-state index in [0.29, 0.717) is 5.92 Å². The largest absolute Gasteiger partial charge is 0.383 e. The fraction of sp³-hybridized carbons (Fsp3) is 0.647. The van der Waals surface area contributed by atoms with Crippen molar-refractivity contribution in [1.29, 1.82) is 0 Å². The average molecular weight is 313 g/mol. The second kappa shape index (κ2) is 9.29. The lowest BCUT2D eigenvalue weighted by Crippen LogP contribution is -2.31. The van der Waals surface area contributed by atoms with Crippen molar-refractivity contribution in [1.82, 2.24) is 5.32 Å². The minimum atomic E-state index is 0.272. The van der Waals surface area contributed by atoms with Crippen molar-refractivity contribution < 1.29 is 4.74 Å². The molecule has 0 bridgehead atoms. The molecule has 21 heavy (non-hydrogen) atoms. The molecule has 0 radical (unpaired) electrons. The van der Waals surface area contributed by atoms with Crippen molar-refractivity contribution in [2.45, 2.75) is 33.7 Å². The van der Waals surface area contributed by atoms with Gasteiger partial charge in [-0.1, -0.05) is 38.4 Å². The van der Waals surface area contributed by atoms with Crippen LogP contribution in [0.4, 0.5) is 5.69 Å². The summed E-state index contributed by atoms with van der Waals surface area (Å²) in [4.78, 5) is 2.34.